The van der Waals surface area contributed by atoms with E-state index in [9.17, 15) is 9.59 Å². The van der Waals surface area contributed by atoms with Gasteiger partial charge in [0.25, 0.3) is 5.91 Å². The van der Waals surface area contributed by atoms with Gasteiger partial charge in [0.1, 0.15) is 0 Å². The summed E-state index contributed by atoms with van der Waals surface area (Å²) in [5.74, 6) is -0.455. The molecule has 1 N–H and O–H groups in total. The van der Waals surface area contributed by atoms with E-state index in [1.165, 1.54) is 18.4 Å². The van der Waals surface area contributed by atoms with Gasteiger partial charge in [0.15, 0.2) is 0 Å². The molecule has 0 saturated heterocycles. The highest BCUT2D eigenvalue weighted by Gasteiger charge is 2.10. The number of nitrogens with one attached hydrogen (secondary N) is 1. The standard InChI is InChI=1S/C11H15NO3S/c1-7-6-9(16-8(7)2)11(14)12-5-4-10(13)15-3/h6H,4-5H2,1-3H3,(H,12,14). The first-order valence-corrected chi connectivity index (χ1v) is 5.78. The van der Waals surface area contributed by atoms with Crippen molar-refractivity contribution >= 4 is 23.2 Å². The number of thiophene rings is 1. The Morgan fingerprint density at radius 2 is 2.12 bits per heavy atom. The van der Waals surface area contributed by atoms with Crippen LogP contribution in [-0.4, -0.2) is 25.5 Å². The average molecular weight is 241 g/mol. The quantitative estimate of drug-likeness (QED) is 0.816. The number of methoxy groups -OCH3 is 1. The Kier molecular flexibility index (Phi) is 4.49. The molecule has 0 radical (unpaired) electrons. The average Bonchev–Trinajstić information content (AvgIpc) is 2.59. The molecule has 0 aliphatic carbocycles. The topological polar surface area (TPSA) is 55.4 Å². The molecule has 88 valence electrons. The fourth-order valence-electron chi connectivity index (χ4n) is 1.15. The number of ether oxygens (including phenoxy) is 1. The van der Waals surface area contributed by atoms with Gasteiger partial charge < -0.3 is 10.1 Å². The highest BCUT2D eigenvalue weighted by atomic mass is 32.1. The molecule has 1 aromatic heterocycles. The van der Waals surface area contributed by atoms with Crippen LogP contribution in [0.1, 0.15) is 26.5 Å². The lowest BCUT2D eigenvalue weighted by Gasteiger charge is -2.01. The van der Waals surface area contributed by atoms with E-state index in [4.69, 9.17) is 0 Å². The van der Waals surface area contributed by atoms with Crippen LogP contribution in [0.4, 0.5) is 0 Å². The molecule has 16 heavy (non-hydrogen) atoms. The molecule has 5 heteroatoms. The Bertz CT molecular complexity index is 378. The largest absolute Gasteiger partial charge is 0.469 e. The molecule has 0 unspecified atom stereocenters. The van der Waals surface area contributed by atoms with Crippen LogP contribution < -0.4 is 5.32 Å². The van der Waals surface area contributed by atoms with Crippen molar-refractivity contribution in [2.24, 2.45) is 0 Å². The SMILES string of the molecule is COC(=O)CCNC(=O)c1cc(C)c(C)s1. The van der Waals surface area contributed by atoms with Crippen LogP contribution in [0, 0.1) is 13.8 Å². The van der Waals surface area contributed by atoms with Crippen molar-refractivity contribution in [3.63, 3.8) is 0 Å². The zero-order valence-corrected chi connectivity index (χ0v) is 10.4. The molecule has 0 aromatic carbocycles. The van der Waals surface area contributed by atoms with Crippen molar-refractivity contribution in [3.05, 3.63) is 21.4 Å². The molecule has 4 nitrogen and oxygen atoms in total. The van der Waals surface area contributed by atoms with Crippen LogP contribution in [0.25, 0.3) is 0 Å². The monoisotopic (exact) mass is 241 g/mol. The van der Waals surface area contributed by atoms with Crippen LogP contribution >= 0.6 is 11.3 Å². The van der Waals surface area contributed by atoms with Gasteiger partial charge in [0.2, 0.25) is 0 Å². The third-order valence-electron chi connectivity index (χ3n) is 2.23. The van der Waals surface area contributed by atoms with Gasteiger partial charge in [-0.25, -0.2) is 0 Å². The van der Waals surface area contributed by atoms with Crippen LogP contribution in [0.3, 0.4) is 0 Å². The molecule has 0 fully saturated rings. The summed E-state index contributed by atoms with van der Waals surface area (Å²) in [7, 11) is 1.33. The Labute approximate surface area is 98.6 Å². The molecule has 0 bridgehead atoms. The van der Waals surface area contributed by atoms with Crippen LogP contribution in [-0.2, 0) is 9.53 Å². The smallest absolute Gasteiger partial charge is 0.307 e. The highest BCUT2D eigenvalue weighted by Crippen LogP contribution is 2.20. The first kappa shape index (κ1) is 12.7. The molecule has 1 amide bonds. The Morgan fingerprint density at radius 1 is 1.44 bits per heavy atom. The van der Waals surface area contributed by atoms with Gasteiger partial charge >= 0.3 is 5.97 Å². The fourth-order valence-corrected chi connectivity index (χ4v) is 2.10. The first-order chi connectivity index (χ1) is 7.54. The normalized spacial score (nSPS) is 9.94. The predicted molar refractivity (Wildman–Crippen MR) is 62.8 cm³/mol. The third-order valence-corrected chi connectivity index (χ3v) is 3.38. The van der Waals surface area contributed by atoms with Gasteiger partial charge in [-0.3, -0.25) is 9.59 Å². The Hall–Kier alpha value is -1.36. The summed E-state index contributed by atoms with van der Waals surface area (Å²) in [6.07, 6.45) is 0.200. The number of rotatable bonds is 4. The summed E-state index contributed by atoms with van der Waals surface area (Å²) in [5.41, 5.74) is 1.11. The molecule has 0 aliphatic heterocycles. The lowest BCUT2D eigenvalue weighted by Crippen LogP contribution is -2.25. The zero-order chi connectivity index (χ0) is 12.1. The third kappa shape index (κ3) is 3.34. The summed E-state index contributed by atoms with van der Waals surface area (Å²) < 4.78 is 4.47. The van der Waals surface area contributed by atoms with Crippen molar-refractivity contribution in [3.8, 4) is 0 Å². The molecule has 0 spiro atoms. The summed E-state index contributed by atoms with van der Waals surface area (Å²) >= 11 is 1.46. The van der Waals surface area contributed by atoms with E-state index in [1.54, 1.807) is 0 Å². The molecule has 1 heterocycles. The molecular formula is C11H15NO3S. The van der Waals surface area contributed by atoms with Gasteiger partial charge in [-0.05, 0) is 25.5 Å². The van der Waals surface area contributed by atoms with Crippen molar-refractivity contribution in [1.82, 2.24) is 5.32 Å². The summed E-state index contributed by atoms with van der Waals surface area (Å²) in [5, 5.41) is 2.68. The van der Waals surface area contributed by atoms with E-state index in [0.29, 0.717) is 11.4 Å². The molecule has 0 aliphatic rings. The maximum atomic E-state index is 11.6. The van der Waals surface area contributed by atoms with Crippen molar-refractivity contribution in [2.75, 3.05) is 13.7 Å². The molecule has 0 saturated carbocycles. The minimum absolute atomic E-state index is 0.134. The second kappa shape index (κ2) is 5.65. The first-order valence-electron chi connectivity index (χ1n) is 4.96. The predicted octanol–water partition coefficient (Wildman–Crippen LogP) is 1.66. The molecule has 1 aromatic rings. The summed E-state index contributed by atoms with van der Waals surface area (Å²) in [6.45, 7) is 4.25. The van der Waals surface area contributed by atoms with Gasteiger partial charge in [0, 0.05) is 11.4 Å². The second-order valence-corrected chi connectivity index (χ2v) is 4.69. The molecule has 1 rings (SSSR count). The van der Waals surface area contributed by atoms with E-state index in [1.807, 2.05) is 19.9 Å². The van der Waals surface area contributed by atoms with Crippen LogP contribution in [0.15, 0.2) is 6.07 Å². The number of amides is 1. The second-order valence-electron chi connectivity index (χ2n) is 3.43. The van der Waals surface area contributed by atoms with Crippen LogP contribution in [0.2, 0.25) is 0 Å². The van der Waals surface area contributed by atoms with E-state index in [2.05, 4.69) is 10.1 Å². The minimum atomic E-state index is -0.321. The minimum Gasteiger partial charge on any atom is -0.469 e. The highest BCUT2D eigenvalue weighted by molar-refractivity contribution is 7.14. The van der Waals surface area contributed by atoms with Crippen molar-refractivity contribution in [2.45, 2.75) is 20.3 Å². The number of carbonyl (C=O) groups excluding carboxylic acids is 2. The summed E-state index contributed by atoms with van der Waals surface area (Å²) in [6, 6.07) is 1.85. The van der Waals surface area contributed by atoms with Crippen LogP contribution in [0.5, 0.6) is 0 Å². The number of hydrogen-bond acceptors (Lipinski definition) is 4. The number of aryl methyl sites for hydroxylation is 2. The number of hydrogen-bond donors (Lipinski definition) is 1. The van der Waals surface area contributed by atoms with Gasteiger partial charge in [-0.2, -0.15) is 0 Å². The lowest BCUT2D eigenvalue weighted by atomic mass is 10.3. The Morgan fingerprint density at radius 3 is 2.62 bits per heavy atom. The van der Waals surface area contributed by atoms with Gasteiger partial charge in [-0.1, -0.05) is 0 Å². The van der Waals surface area contributed by atoms with Crippen molar-refractivity contribution in [1.29, 1.82) is 0 Å². The molecule has 0 atom stereocenters. The van der Waals surface area contributed by atoms with Crippen molar-refractivity contribution < 1.29 is 14.3 Å². The maximum absolute atomic E-state index is 11.6. The Balaban J connectivity index is 2.44. The van der Waals surface area contributed by atoms with Gasteiger partial charge in [0.05, 0.1) is 18.4 Å². The lowest BCUT2D eigenvalue weighted by molar-refractivity contribution is -0.140. The molecular weight excluding hydrogens is 226 g/mol. The summed E-state index contributed by atoms with van der Waals surface area (Å²) in [4.78, 5) is 24.3. The number of carbonyl (C=O) groups is 2. The zero-order valence-electron chi connectivity index (χ0n) is 9.62. The maximum Gasteiger partial charge on any atom is 0.307 e. The van der Waals surface area contributed by atoms with E-state index >= 15 is 0 Å². The number of esters is 1. The fraction of sp³-hybridized carbons (Fsp3) is 0.455. The van der Waals surface area contributed by atoms with E-state index in [-0.39, 0.29) is 18.3 Å². The van der Waals surface area contributed by atoms with E-state index < -0.39 is 0 Å². The van der Waals surface area contributed by atoms with E-state index in [0.717, 1.165) is 10.4 Å². The van der Waals surface area contributed by atoms with Gasteiger partial charge in [-0.15, -0.1) is 11.3 Å².